The Morgan fingerprint density at radius 3 is 2.48 bits per heavy atom. The van der Waals surface area contributed by atoms with Crippen molar-refractivity contribution in [1.29, 1.82) is 0 Å². The van der Waals surface area contributed by atoms with Gasteiger partial charge >= 0.3 is 0 Å². The molecule has 0 radical (unpaired) electrons. The van der Waals surface area contributed by atoms with E-state index in [0.717, 1.165) is 25.9 Å². The average molecular weight is 428 g/mol. The molecule has 2 aromatic carbocycles. The van der Waals surface area contributed by atoms with Gasteiger partial charge in [-0.05, 0) is 67.9 Å². The molecular formula is C25H33NO5. The molecule has 1 fully saturated rings. The zero-order chi connectivity index (χ0) is 21.9. The number of carbonyl (C=O) groups is 1. The molecule has 0 spiro atoms. The summed E-state index contributed by atoms with van der Waals surface area (Å²) in [6, 6.07) is 17.0. The highest BCUT2D eigenvalue weighted by Crippen LogP contribution is 2.33. The third kappa shape index (κ3) is 7.65. The van der Waals surface area contributed by atoms with Crippen molar-refractivity contribution in [3.05, 3.63) is 65.7 Å². The molecule has 0 bridgehead atoms. The molecule has 0 aromatic heterocycles. The fraction of sp³-hybridized carbons (Fsp3) is 0.480. The molecule has 0 saturated heterocycles. The van der Waals surface area contributed by atoms with Crippen LogP contribution in [0.1, 0.15) is 48.0 Å². The summed E-state index contributed by atoms with van der Waals surface area (Å²) in [4.78, 5) is 12.4. The average Bonchev–Trinajstić information content (AvgIpc) is 2.81. The van der Waals surface area contributed by atoms with E-state index in [1.807, 2.05) is 18.2 Å². The first-order valence-electron chi connectivity index (χ1n) is 10.9. The Morgan fingerprint density at radius 2 is 1.81 bits per heavy atom. The van der Waals surface area contributed by atoms with Crippen molar-refractivity contribution < 1.29 is 24.1 Å². The standard InChI is InChI=1S/C25H33NO5/c1-29-19-31-23-9-7-22(8-10-23)24(27)26-18-25(28)14-11-20(12-15-25)13-16-30-17-21-5-3-2-4-6-21/h2-10,20,28H,11-19H2,1H3,(H,26,27)/t20-,25-. The maximum Gasteiger partial charge on any atom is 0.251 e. The summed E-state index contributed by atoms with van der Waals surface area (Å²) in [5.74, 6) is 1.01. The second-order valence-corrected chi connectivity index (χ2v) is 8.25. The van der Waals surface area contributed by atoms with Crippen LogP contribution < -0.4 is 10.1 Å². The first-order chi connectivity index (χ1) is 15.1. The number of aliphatic hydroxyl groups is 1. The van der Waals surface area contributed by atoms with Crippen LogP contribution in [-0.4, -0.2) is 43.7 Å². The number of ether oxygens (including phenoxy) is 3. The highest BCUT2D eigenvalue weighted by Gasteiger charge is 2.33. The molecule has 2 aromatic rings. The molecule has 0 atom stereocenters. The lowest BCUT2D eigenvalue weighted by Gasteiger charge is -2.36. The Labute approximate surface area is 184 Å². The smallest absolute Gasteiger partial charge is 0.251 e. The molecule has 168 valence electrons. The van der Waals surface area contributed by atoms with Crippen LogP contribution in [0.4, 0.5) is 0 Å². The summed E-state index contributed by atoms with van der Waals surface area (Å²) >= 11 is 0. The molecular weight excluding hydrogens is 394 g/mol. The van der Waals surface area contributed by atoms with Gasteiger partial charge in [-0.25, -0.2) is 0 Å². The van der Waals surface area contributed by atoms with E-state index >= 15 is 0 Å². The van der Waals surface area contributed by atoms with Crippen molar-refractivity contribution in [3.8, 4) is 5.75 Å². The van der Waals surface area contributed by atoms with Crippen molar-refractivity contribution >= 4 is 5.91 Å². The highest BCUT2D eigenvalue weighted by molar-refractivity contribution is 5.94. The van der Waals surface area contributed by atoms with Gasteiger partial charge in [0.25, 0.3) is 5.91 Å². The monoisotopic (exact) mass is 427 g/mol. The van der Waals surface area contributed by atoms with E-state index in [2.05, 4.69) is 17.4 Å². The summed E-state index contributed by atoms with van der Waals surface area (Å²) in [5, 5.41) is 13.7. The summed E-state index contributed by atoms with van der Waals surface area (Å²) < 4.78 is 16.0. The third-order valence-electron chi connectivity index (χ3n) is 5.86. The molecule has 1 saturated carbocycles. The second-order valence-electron chi connectivity index (χ2n) is 8.25. The fourth-order valence-electron chi connectivity index (χ4n) is 3.87. The Morgan fingerprint density at radius 1 is 1.10 bits per heavy atom. The molecule has 0 heterocycles. The zero-order valence-corrected chi connectivity index (χ0v) is 18.2. The van der Waals surface area contributed by atoms with E-state index in [4.69, 9.17) is 14.2 Å². The van der Waals surface area contributed by atoms with E-state index in [0.29, 0.717) is 36.7 Å². The van der Waals surface area contributed by atoms with Crippen molar-refractivity contribution in [2.75, 3.05) is 27.1 Å². The third-order valence-corrected chi connectivity index (χ3v) is 5.86. The molecule has 6 heteroatoms. The van der Waals surface area contributed by atoms with Crippen LogP contribution in [0.3, 0.4) is 0 Å². The normalized spacial score (nSPS) is 20.9. The maximum absolute atomic E-state index is 12.4. The van der Waals surface area contributed by atoms with Gasteiger partial charge in [-0.3, -0.25) is 4.79 Å². The van der Waals surface area contributed by atoms with Gasteiger partial charge in [0.2, 0.25) is 0 Å². The van der Waals surface area contributed by atoms with Gasteiger partial charge in [0.15, 0.2) is 6.79 Å². The van der Waals surface area contributed by atoms with Crippen molar-refractivity contribution in [2.24, 2.45) is 5.92 Å². The van der Waals surface area contributed by atoms with Crippen LogP contribution in [0.2, 0.25) is 0 Å². The van der Waals surface area contributed by atoms with Gasteiger partial charge in [-0.15, -0.1) is 0 Å². The number of hydrogen-bond acceptors (Lipinski definition) is 5. The molecule has 6 nitrogen and oxygen atoms in total. The lowest BCUT2D eigenvalue weighted by molar-refractivity contribution is -0.0127. The topological polar surface area (TPSA) is 77.0 Å². The van der Waals surface area contributed by atoms with Gasteiger partial charge < -0.3 is 24.6 Å². The number of carbonyl (C=O) groups excluding carboxylic acids is 1. The van der Waals surface area contributed by atoms with Crippen molar-refractivity contribution in [1.82, 2.24) is 5.32 Å². The highest BCUT2D eigenvalue weighted by atomic mass is 16.7. The molecule has 3 rings (SSSR count). The lowest BCUT2D eigenvalue weighted by Crippen LogP contribution is -2.45. The van der Waals surface area contributed by atoms with E-state index in [9.17, 15) is 9.90 Å². The minimum atomic E-state index is -0.835. The molecule has 2 N–H and O–H groups in total. The summed E-state index contributed by atoms with van der Waals surface area (Å²) in [7, 11) is 1.56. The minimum Gasteiger partial charge on any atom is -0.468 e. The predicted octanol–water partition coefficient (Wildman–Crippen LogP) is 3.93. The van der Waals surface area contributed by atoms with Gasteiger partial charge in [0.1, 0.15) is 5.75 Å². The van der Waals surface area contributed by atoms with Crippen molar-refractivity contribution in [3.63, 3.8) is 0 Å². The van der Waals surface area contributed by atoms with Gasteiger partial charge in [0, 0.05) is 25.8 Å². The molecule has 31 heavy (non-hydrogen) atoms. The van der Waals surface area contributed by atoms with Crippen LogP contribution in [-0.2, 0) is 16.1 Å². The number of benzene rings is 2. The lowest BCUT2D eigenvalue weighted by atomic mass is 9.77. The number of rotatable bonds is 11. The van der Waals surface area contributed by atoms with Crippen LogP contribution in [0.25, 0.3) is 0 Å². The van der Waals surface area contributed by atoms with Gasteiger partial charge in [-0.2, -0.15) is 0 Å². The minimum absolute atomic E-state index is 0.165. The SMILES string of the molecule is COCOc1ccc(C(=O)NC[C@]2(O)CC[C@H](CCOCc3ccccc3)CC2)cc1. The molecule has 1 aliphatic rings. The molecule has 1 aliphatic carbocycles. The zero-order valence-electron chi connectivity index (χ0n) is 18.2. The fourth-order valence-corrected chi connectivity index (χ4v) is 3.87. The molecule has 0 aliphatic heterocycles. The van der Waals surface area contributed by atoms with E-state index in [1.165, 1.54) is 5.56 Å². The van der Waals surface area contributed by atoms with Crippen LogP contribution >= 0.6 is 0 Å². The Bertz CT molecular complexity index is 785. The van der Waals surface area contributed by atoms with Crippen molar-refractivity contribution in [2.45, 2.75) is 44.3 Å². The molecule has 0 unspecified atom stereocenters. The first kappa shape index (κ1) is 23.3. The van der Waals surface area contributed by atoms with Gasteiger partial charge in [-0.1, -0.05) is 30.3 Å². The van der Waals surface area contributed by atoms with Gasteiger partial charge in [0.05, 0.1) is 12.2 Å². The quantitative estimate of drug-likeness (QED) is 0.420. The second kappa shape index (κ2) is 11.8. The Balaban J connectivity index is 1.34. The Kier molecular flexibility index (Phi) is 8.88. The van der Waals surface area contributed by atoms with E-state index in [1.54, 1.807) is 31.4 Å². The Hall–Kier alpha value is -2.41. The van der Waals surface area contributed by atoms with Crippen LogP contribution in [0, 0.1) is 5.92 Å². The number of nitrogens with one attached hydrogen (secondary N) is 1. The number of amides is 1. The molecule has 1 amide bonds. The van der Waals surface area contributed by atoms with Crippen LogP contribution in [0.15, 0.2) is 54.6 Å². The summed E-state index contributed by atoms with van der Waals surface area (Å²) in [5.41, 5.74) is 0.893. The van der Waals surface area contributed by atoms with E-state index in [-0.39, 0.29) is 19.2 Å². The first-order valence-corrected chi connectivity index (χ1v) is 10.9. The van der Waals surface area contributed by atoms with E-state index < -0.39 is 5.60 Å². The largest absolute Gasteiger partial charge is 0.468 e. The maximum atomic E-state index is 12.4. The summed E-state index contributed by atoms with van der Waals surface area (Å²) in [6.45, 7) is 1.81. The van der Waals surface area contributed by atoms with Crippen LogP contribution in [0.5, 0.6) is 5.75 Å². The summed E-state index contributed by atoms with van der Waals surface area (Å²) in [6.07, 6.45) is 4.30. The predicted molar refractivity (Wildman–Crippen MR) is 119 cm³/mol. The number of methoxy groups -OCH3 is 1. The number of hydrogen-bond donors (Lipinski definition) is 2.